The van der Waals surface area contributed by atoms with Gasteiger partial charge in [0, 0.05) is 11.3 Å². The molecule has 2 aromatic carbocycles. The standard InChI is InChI=1S/C21H24N4O4/c1-21(2,3)29-20(27)23-18(19(26)24-25-22)13-15-9-11-17(12-10-15)28-14-16-7-5-4-6-8-16/h4-12,18H,13-14H2,1-3H3,(H,23,27)/t18-/m0/s1. The molecule has 0 saturated heterocycles. The van der Waals surface area contributed by atoms with Crippen LogP contribution in [0.15, 0.2) is 59.7 Å². The second kappa shape index (κ2) is 10.1. The summed E-state index contributed by atoms with van der Waals surface area (Å²) >= 11 is 0. The molecular formula is C21H24N4O4. The first-order valence-corrected chi connectivity index (χ1v) is 9.11. The molecule has 152 valence electrons. The monoisotopic (exact) mass is 396 g/mol. The van der Waals surface area contributed by atoms with Gasteiger partial charge in [-0.25, -0.2) is 4.79 Å². The first kappa shape index (κ1) is 21.8. The summed E-state index contributed by atoms with van der Waals surface area (Å²) in [6.45, 7) is 5.58. The fraction of sp³-hybridized carbons (Fsp3) is 0.333. The first-order chi connectivity index (χ1) is 13.8. The van der Waals surface area contributed by atoms with E-state index in [0.29, 0.717) is 12.4 Å². The number of nitrogens with one attached hydrogen (secondary N) is 1. The maximum absolute atomic E-state index is 12.1. The normalized spacial score (nSPS) is 11.7. The summed E-state index contributed by atoms with van der Waals surface area (Å²) in [5, 5.41) is 5.56. The van der Waals surface area contributed by atoms with Crippen molar-refractivity contribution < 1.29 is 19.1 Å². The Hall–Kier alpha value is -3.51. The van der Waals surface area contributed by atoms with Gasteiger partial charge in [-0.2, -0.15) is 0 Å². The number of azide groups is 1. The summed E-state index contributed by atoms with van der Waals surface area (Å²) < 4.78 is 10.9. The third-order valence-electron chi connectivity index (χ3n) is 3.74. The van der Waals surface area contributed by atoms with Crippen LogP contribution in [0.4, 0.5) is 4.79 Å². The predicted octanol–water partition coefficient (Wildman–Crippen LogP) is 4.54. The molecule has 1 atom stereocenters. The molecule has 0 aliphatic carbocycles. The van der Waals surface area contributed by atoms with Gasteiger partial charge in [-0.15, -0.1) is 0 Å². The molecule has 0 spiro atoms. The Morgan fingerprint density at radius 3 is 2.31 bits per heavy atom. The zero-order valence-corrected chi connectivity index (χ0v) is 16.7. The van der Waals surface area contributed by atoms with E-state index in [0.717, 1.165) is 11.1 Å². The van der Waals surface area contributed by atoms with Gasteiger partial charge >= 0.3 is 6.09 Å². The highest BCUT2D eigenvalue weighted by atomic mass is 16.6. The smallest absolute Gasteiger partial charge is 0.408 e. The largest absolute Gasteiger partial charge is 0.489 e. The van der Waals surface area contributed by atoms with Crippen LogP contribution in [0.5, 0.6) is 5.75 Å². The minimum Gasteiger partial charge on any atom is -0.489 e. The number of carbonyl (C=O) groups is 2. The van der Waals surface area contributed by atoms with Crippen molar-refractivity contribution in [3.8, 4) is 5.75 Å². The molecule has 1 N–H and O–H groups in total. The van der Waals surface area contributed by atoms with E-state index in [1.165, 1.54) is 0 Å². The van der Waals surface area contributed by atoms with E-state index in [4.69, 9.17) is 15.0 Å². The summed E-state index contributed by atoms with van der Waals surface area (Å²) in [6.07, 6.45) is -0.609. The lowest BCUT2D eigenvalue weighted by Gasteiger charge is -2.22. The van der Waals surface area contributed by atoms with Crippen LogP contribution in [-0.4, -0.2) is 23.6 Å². The molecule has 2 amide bonds. The van der Waals surface area contributed by atoms with E-state index in [2.05, 4.69) is 15.3 Å². The van der Waals surface area contributed by atoms with Crippen LogP contribution in [0.2, 0.25) is 0 Å². The number of alkyl carbamates (subject to hydrolysis) is 1. The van der Waals surface area contributed by atoms with Crippen molar-refractivity contribution >= 4 is 12.0 Å². The lowest BCUT2D eigenvalue weighted by molar-refractivity contribution is -0.120. The number of amides is 2. The molecule has 8 nitrogen and oxygen atoms in total. The molecule has 0 fully saturated rings. The van der Waals surface area contributed by atoms with E-state index >= 15 is 0 Å². The van der Waals surface area contributed by atoms with Gasteiger partial charge in [0.2, 0.25) is 5.91 Å². The van der Waals surface area contributed by atoms with Crippen LogP contribution in [0.25, 0.3) is 10.4 Å². The summed E-state index contributed by atoms with van der Waals surface area (Å²) in [5.74, 6) is -0.113. The van der Waals surface area contributed by atoms with Gasteiger partial charge in [-0.3, -0.25) is 4.79 Å². The molecule has 0 saturated carbocycles. The predicted molar refractivity (Wildman–Crippen MR) is 108 cm³/mol. The van der Waals surface area contributed by atoms with E-state index in [1.54, 1.807) is 45.0 Å². The van der Waals surface area contributed by atoms with E-state index in [9.17, 15) is 9.59 Å². The average Bonchev–Trinajstić information content (AvgIpc) is 2.66. The zero-order chi connectivity index (χ0) is 21.3. The Balaban J connectivity index is 2.01. The molecule has 0 radical (unpaired) electrons. The van der Waals surface area contributed by atoms with Crippen LogP contribution >= 0.6 is 0 Å². The fourth-order valence-electron chi connectivity index (χ4n) is 2.46. The molecule has 2 rings (SSSR count). The molecule has 0 unspecified atom stereocenters. The summed E-state index contributed by atoms with van der Waals surface area (Å²) in [4.78, 5) is 26.6. The highest BCUT2D eigenvalue weighted by molar-refractivity contribution is 5.86. The second-order valence-corrected chi connectivity index (χ2v) is 7.35. The SMILES string of the molecule is CC(C)(C)OC(=O)N[C@@H](Cc1ccc(OCc2ccccc2)cc1)C(=O)N=[N+]=[N-]. The quantitative estimate of drug-likeness (QED) is 0.420. The highest BCUT2D eigenvalue weighted by Gasteiger charge is 2.24. The van der Waals surface area contributed by atoms with Gasteiger partial charge < -0.3 is 14.8 Å². The van der Waals surface area contributed by atoms with Crippen molar-refractivity contribution in [1.29, 1.82) is 0 Å². The van der Waals surface area contributed by atoms with Crippen molar-refractivity contribution in [3.63, 3.8) is 0 Å². The Kier molecular flexibility index (Phi) is 7.62. The van der Waals surface area contributed by atoms with Crippen LogP contribution in [0, 0.1) is 0 Å². The van der Waals surface area contributed by atoms with Crippen LogP contribution in [0.3, 0.4) is 0 Å². The van der Waals surface area contributed by atoms with Gasteiger partial charge in [0.05, 0.1) is 0 Å². The van der Waals surface area contributed by atoms with Crippen LogP contribution in [0.1, 0.15) is 31.9 Å². The number of ether oxygens (including phenoxy) is 2. The number of rotatable bonds is 7. The van der Waals surface area contributed by atoms with Gasteiger partial charge in [0.25, 0.3) is 0 Å². The fourth-order valence-corrected chi connectivity index (χ4v) is 2.46. The molecule has 0 aromatic heterocycles. The topological polar surface area (TPSA) is 113 Å². The third-order valence-corrected chi connectivity index (χ3v) is 3.74. The van der Waals surface area contributed by atoms with E-state index < -0.39 is 23.6 Å². The van der Waals surface area contributed by atoms with E-state index in [1.807, 2.05) is 30.3 Å². The van der Waals surface area contributed by atoms with Crippen LogP contribution in [-0.2, 0) is 22.6 Å². The third kappa shape index (κ3) is 7.94. The lowest BCUT2D eigenvalue weighted by Crippen LogP contribution is -2.44. The molecular weight excluding hydrogens is 372 g/mol. The highest BCUT2D eigenvalue weighted by Crippen LogP contribution is 2.16. The molecule has 29 heavy (non-hydrogen) atoms. The molecule has 0 aliphatic heterocycles. The molecule has 2 aromatic rings. The number of hydrogen-bond acceptors (Lipinski definition) is 4. The summed E-state index contributed by atoms with van der Waals surface area (Å²) in [6, 6.07) is 15.9. The maximum Gasteiger partial charge on any atom is 0.408 e. The number of hydrogen-bond donors (Lipinski definition) is 1. The number of nitrogens with zero attached hydrogens (tertiary/aromatic N) is 3. The van der Waals surface area contributed by atoms with Crippen molar-refractivity contribution in [2.24, 2.45) is 5.11 Å². The Morgan fingerprint density at radius 1 is 1.07 bits per heavy atom. The zero-order valence-electron chi connectivity index (χ0n) is 16.7. The Bertz CT molecular complexity index is 870. The van der Waals surface area contributed by atoms with Crippen LogP contribution < -0.4 is 10.1 Å². The summed E-state index contributed by atoms with van der Waals surface area (Å²) in [5.41, 5.74) is 9.64. The minimum absolute atomic E-state index is 0.149. The number of benzene rings is 2. The Morgan fingerprint density at radius 2 is 1.72 bits per heavy atom. The molecule has 8 heteroatoms. The summed E-state index contributed by atoms with van der Waals surface area (Å²) in [7, 11) is 0. The molecule has 0 bridgehead atoms. The van der Waals surface area contributed by atoms with Gasteiger partial charge in [-0.1, -0.05) is 42.5 Å². The van der Waals surface area contributed by atoms with Crippen molar-refractivity contribution in [2.45, 2.75) is 45.4 Å². The molecule has 0 aliphatic rings. The van der Waals surface area contributed by atoms with Crippen molar-refractivity contribution in [3.05, 3.63) is 76.2 Å². The lowest BCUT2D eigenvalue weighted by atomic mass is 10.1. The first-order valence-electron chi connectivity index (χ1n) is 9.11. The average molecular weight is 396 g/mol. The maximum atomic E-state index is 12.1. The van der Waals surface area contributed by atoms with Crippen molar-refractivity contribution in [1.82, 2.24) is 5.32 Å². The van der Waals surface area contributed by atoms with Gasteiger partial charge in [-0.05, 0) is 54.7 Å². The second-order valence-electron chi connectivity index (χ2n) is 7.35. The van der Waals surface area contributed by atoms with Crippen molar-refractivity contribution in [2.75, 3.05) is 0 Å². The van der Waals surface area contributed by atoms with E-state index in [-0.39, 0.29) is 6.42 Å². The Labute approximate surface area is 169 Å². The van der Waals surface area contributed by atoms with Gasteiger partial charge in [0.1, 0.15) is 24.0 Å². The van der Waals surface area contributed by atoms with Gasteiger partial charge in [0.15, 0.2) is 0 Å². The molecule has 0 heterocycles. The minimum atomic E-state index is -1.03. The number of carbonyl (C=O) groups excluding carboxylic acids is 2.